The molecule has 0 spiro atoms. The number of fused-ring (bicyclic) bond motifs is 1. The molecule has 0 saturated heterocycles. The van der Waals surface area contributed by atoms with E-state index in [4.69, 9.17) is 4.74 Å². The van der Waals surface area contributed by atoms with Gasteiger partial charge in [-0.15, -0.1) is 11.3 Å². The molecular formula is C19H24N4O5S. The van der Waals surface area contributed by atoms with Gasteiger partial charge in [0.05, 0.1) is 5.39 Å². The zero-order valence-electron chi connectivity index (χ0n) is 16.6. The SMILES string of the molecule is Cc1nc2sc(C(=O)OCC(=O)NC(=O)N[C@@H]3CCCC[C@H]3C)c(C)c2c(=O)[nH]1. The monoisotopic (exact) mass is 420 g/mol. The Labute approximate surface area is 171 Å². The highest BCUT2D eigenvalue weighted by atomic mass is 32.1. The van der Waals surface area contributed by atoms with E-state index in [2.05, 4.69) is 27.5 Å². The molecule has 0 unspecified atom stereocenters. The Hall–Kier alpha value is -2.75. The first-order valence-electron chi connectivity index (χ1n) is 9.53. The van der Waals surface area contributed by atoms with Crippen LogP contribution in [0.4, 0.5) is 4.79 Å². The summed E-state index contributed by atoms with van der Waals surface area (Å²) in [7, 11) is 0. The van der Waals surface area contributed by atoms with E-state index in [1.165, 1.54) is 0 Å². The number of hydrogen-bond donors (Lipinski definition) is 3. The zero-order chi connectivity index (χ0) is 21.1. The van der Waals surface area contributed by atoms with Gasteiger partial charge in [0.15, 0.2) is 6.61 Å². The van der Waals surface area contributed by atoms with E-state index in [1.807, 2.05) is 0 Å². The summed E-state index contributed by atoms with van der Waals surface area (Å²) < 4.78 is 5.02. The Morgan fingerprint density at radius 2 is 1.97 bits per heavy atom. The second-order valence-electron chi connectivity index (χ2n) is 7.35. The minimum absolute atomic E-state index is 0.0364. The number of aromatic nitrogens is 2. The van der Waals surface area contributed by atoms with Crippen LogP contribution in [0, 0.1) is 19.8 Å². The van der Waals surface area contributed by atoms with Crippen molar-refractivity contribution in [3.8, 4) is 0 Å². The quantitative estimate of drug-likeness (QED) is 0.650. The standard InChI is InChI=1S/C19H24N4O5S/c1-9-6-4-5-7-12(9)22-19(27)23-13(24)8-28-18(26)15-10(2)14-16(25)20-11(3)21-17(14)29-15/h9,12H,4-8H2,1-3H3,(H,20,21,25)(H2,22,23,24,27)/t9-,12-/m1/s1. The molecule has 3 N–H and O–H groups in total. The van der Waals surface area contributed by atoms with E-state index in [-0.39, 0.29) is 16.5 Å². The Morgan fingerprint density at radius 3 is 2.69 bits per heavy atom. The number of hydrogen-bond acceptors (Lipinski definition) is 7. The molecule has 29 heavy (non-hydrogen) atoms. The van der Waals surface area contributed by atoms with Crippen molar-refractivity contribution in [3.63, 3.8) is 0 Å². The van der Waals surface area contributed by atoms with Crippen molar-refractivity contribution in [3.05, 3.63) is 26.6 Å². The van der Waals surface area contributed by atoms with Crippen LogP contribution < -0.4 is 16.2 Å². The molecule has 0 radical (unpaired) electrons. The third kappa shape index (κ3) is 4.81. The van der Waals surface area contributed by atoms with E-state index in [9.17, 15) is 19.2 Å². The number of imide groups is 1. The number of H-pyrrole nitrogens is 1. The fourth-order valence-corrected chi connectivity index (χ4v) is 4.66. The van der Waals surface area contributed by atoms with Crippen molar-refractivity contribution in [2.75, 3.05) is 6.61 Å². The van der Waals surface area contributed by atoms with Crippen molar-refractivity contribution in [2.24, 2.45) is 5.92 Å². The van der Waals surface area contributed by atoms with Crippen LogP contribution >= 0.6 is 11.3 Å². The van der Waals surface area contributed by atoms with Crippen molar-refractivity contribution in [1.82, 2.24) is 20.6 Å². The highest BCUT2D eigenvalue weighted by molar-refractivity contribution is 7.20. The van der Waals surface area contributed by atoms with E-state index in [0.29, 0.717) is 27.5 Å². The maximum absolute atomic E-state index is 12.3. The third-order valence-corrected chi connectivity index (χ3v) is 6.29. The van der Waals surface area contributed by atoms with E-state index in [1.54, 1.807) is 13.8 Å². The highest BCUT2D eigenvalue weighted by Gasteiger charge is 2.24. The molecule has 1 aliphatic rings. The topological polar surface area (TPSA) is 130 Å². The molecule has 0 aliphatic heterocycles. The van der Waals surface area contributed by atoms with Gasteiger partial charge in [0, 0.05) is 6.04 Å². The number of thiophene rings is 1. The number of ether oxygens (including phenoxy) is 1. The van der Waals surface area contributed by atoms with Crippen molar-refractivity contribution >= 4 is 39.5 Å². The van der Waals surface area contributed by atoms with Crippen molar-refractivity contribution in [2.45, 2.75) is 52.5 Å². The average molecular weight is 420 g/mol. The third-order valence-electron chi connectivity index (χ3n) is 5.12. The molecule has 0 bridgehead atoms. The van der Waals surface area contributed by atoms with Gasteiger partial charge in [0.2, 0.25) is 0 Å². The molecule has 1 fully saturated rings. The molecule has 3 rings (SSSR count). The van der Waals surface area contributed by atoms with Gasteiger partial charge < -0.3 is 15.0 Å². The summed E-state index contributed by atoms with van der Waals surface area (Å²) in [6, 6.07) is -0.552. The predicted molar refractivity (Wildman–Crippen MR) is 108 cm³/mol. The largest absolute Gasteiger partial charge is 0.451 e. The normalized spacial score (nSPS) is 19.0. The molecule has 9 nitrogen and oxygen atoms in total. The zero-order valence-corrected chi connectivity index (χ0v) is 17.4. The summed E-state index contributed by atoms with van der Waals surface area (Å²) >= 11 is 1.03. The minimum Gasteiger partial charge on any atom is -0.451 e. The van der Waals surface area contributed by atoms with Crippen LogP contribution in [0.1, 0.15) is 53.7 Å². The number of carbonyl (C=O) groups is 3. The first-order valence-corrected chi connectivity index (χ1v) is 10.4. The van der Waals surface area contributed by atoms with Gasteiger partial charge in [-0.05, 0) is 38.2 Å². The second-order valence-corrected chi connectivity index (χ2v) is 8.35. The molecular weight excluding hydrogens is 396 g/mol. The number of nitrogens with one attached hydrogen (secondary N) is 3. The van der Waals surface area contributed by atoms with Crippen molar-refractivity contribution in [1.29, 1.82) is 0 Å². The number of esters is 1. The Morgan fingerprint density at radius 1 is 1.24 bits per heavy atom. The van der Waals surface area contributed by atoms with Gasteiger partial charge in [-0.2, -0.15) is 0 Å². The average Bonchev–Trinajstić information content (AvgIpc) is 2.98. The molecule has 1 aliphatic carbocycles. The lowest BCUT2D eigenvalue weighted by molar-refractivity contribution is -0.123. The minimum atomic E-state index is -0.737. The van der Waals surface area contributed by atoms with E-state index >= 15 is 0 Å². The van der Waals surface area contributed by atoms with Gasteiger partial charge in [-0.3, -0.25) is 14.9 Å². The lowest BCUT2D eigenvalue weighted by Crippen LogP contribution is -2.48. The maximum Gasteiger partial charge on any atom is 0.349 e. The first-order chi connectivity index (χ1) is 13.8. The van der Waals surface area contributed by atoms with Crippen LogP contribution in [-0.2, 0) is 9.53 Å². The predicted octanol–water partition coefficient (Wildman–Crippen LogP) is 2.16. The Kier molecular flexibility index (Phi) is 6.31. The molecule has 1 saturated carbocycles. The summed E-state index contributed by atoms with van der Waals surface area (Å²) in [6.45, 7) is 4.75. The van der Waals surface area contributed by atoms with Gasteiger partial charge in [-0.25, -0.2) is 14.6 Å². The molecule has 2 atom stereocenters. The Balaban J connectivity index is 1.56. The van der Waals surface area contributed by atoms with Crippen LogP contribution in [0.15, 0.2) is 4.79 Å². The fraction of sp³-hybridized carbons (Fsp3) is 0.526. The Bertz CT molecular complexity index is 1010. The van der Waals surface area contributed by atoms with Crippen LogP contribution in [-0.4, -0.2) is 40.5 Å². The lowest BCUT2D eigenvalue weighted by atomic mass is 9.86. The number of nitrogens with zero attached hydrogens (tertiary/aromatic N) is 1. The van der Waals surface area contributed by atoms with Gasteiger partial charge in [-0.1, -0.05) is 19.8 Å². The lowest BCUT2D eigenvalue weighted by Gasteiger charge is -2.29. The molecule has 2 aromatic rings. The summed E-state index contributed by atoms with van der Waals surface area (Å²) in [5.41, 5.74) is 0.125. The van der Waals surface area contributed by atoms with Crippen LogP contribution in [0.25, 0.3) is 10.2 Å². The second kappa shape index (κ2) is 8.73. The maximum atomic E-state index is 12.3. The molecule has 156 valence electrons. The fourth-order valence-electron chi connectivity index (χ4n) is 3.54. The summed E-state index contributed by atoms with van der Waals surface area (Å²) in [6.07, 6.45) is 4.12. The van der Waals surface area contributed by atoms with Crippen LogP contribution in [0.3, 0.4) is 0 Å². The number of carbonyl (C=O) groups excluding carboxylic acids is 3. The summed E-state index contributed by atoms with van der Waals surface area (Å²) in [5, 5.41) is 5.32. The van der Waals surface area contributed by atoms with Crippen LogP contribution in [0.2, 0.25) is 0 Å². The van der Waals surface area contributed by atoms with Gasteiger partial charge in [0.1, 0.15) is 15.5 Å². The summed E-state index contributed by atoms with van der Waals surface area (Å²) in [5.74, 6) is -0.649. The van der Waals surface area contributed by atoms with E-state index < -0.39 is 24.5 Å². The number of amides is 3. The van der Waals surface area contributed by atoms with Crippen LogP contribution in [0.5, 0.6) is 0 Å². The van der Waals surface area contributed by atoms with Gasteiger partial charge >= 0.3 is 12.0 Å². The van der Waals surface area contributed by atoms with E-state index in [0.717, 1.165) is 37.0 Å². The van der Waals surface area contributed by atoms with Gasteiger partial charge in [0.25, 0.3) is 11.5 Å². The molecule has 2 heterocycles. The molecule has 0 aromatic carbocycles. The number of urea groups is 1. The number of rotatable bonds is 4. The van der Waals surface area contributed by atoms with Crippen molar-refractivity contribution < 1.29 is 19.1 Å². The molecule has 2 aromatic heterocycles. The number of aryl methyl sites for hydroxylation is 2. The molecule has 3 amide bonds. The number of aromatic amines is 1. The summed E-state index contributed by atoms with van der Waals surface area (Å²) in [4.78, 5) is 55.8. The smallest absolute Gasteiger partial charge is 0.349 e. The molecule has 10 heteroatoms. The first kappa shape index (κ1) is 21.0. The highest BCUT2D eigenvalue weighted by Crippen LogP contribution is 2.27.